The molecule has 2 heterocycles. The number of aliphatic carboxylic acids is 1. The Bertz CT molecular complexity index is 1310. The van der Waals surface area contributed by atoms with Crippen LogP contribution in [0.3, 0.4) is 0 Å². The van der Waals surface area contributed by atoms with Gasteiger partial charge in [0.1, 0.15) is 12.3 Å². The molecule has 34 heavy (non-hydrogen) atoms. The zero-order valence-electron chi connectivity index (χ0n) is 18.7. The van der Waals surface area contributed by atoms with Crippen LogP contribution in [-0.4, -0.2) is 47.6 Å². The smallest absolute Gasteiger partial charge is 0.323 e. The summed E-state index contributed by atoms with van der Waals surface area (Å²) < 4.78 is 35.8. The van der Waals surface area contributed by atoms with Crippen LogP contribution in [0, 0.1) is 0 Å². The van der Waals surface area contributed by atoms with Gasteiger partial charge in [-0.2, -0.15) is 4.31 Å². The van der Waals surface area contributed by atoms with Gasteiger partial charge in [-0.25, -0.2) is 8.42 Å². The number of fused-ring (bicyclic) bond motifs is 1. The summed E-state index contributed by atoms with van der Waals surface area (Å²) in [5.74, 6) is -0.279. The van der Waals surface area contributed by atoms with Gasteiger partial charge in [0.2, 0.25) is 10.0 Å². The molecular weight excluding hydrogens is 476 g/mol. The van der Waals surface area contributed by atoms with Crippen molar-refractivity contribution in [1.29, 1.82) is 0 Å². The normalized spacial score (nSPS) is 19.7. The molecule has 1 atom stereocenters. The number of benzene rings is 2. The first-order chi connectivity index (χ1) is 16.3. The standard InChI is InChI=1S/C25H27ClN2O5S/c26-18-5-10-24-22(13-18)23(15-27(24)16-25(29)30)17-11-12-28(14-17)34(31,32)21-8-6-20(7-9-21)33-19-3-1-2-4-19/h5-10,13,15,17,19H,1-4,11-12,14,16H2,(H,29,30). The second-order valence-corrected chi connectivity index (χ2v) is 11.5. The van der Waals surface area contributed by atoms with Crippen molar-refractivity contribution < 1.29 is 23.1 Å². The minimum absolute atomic E-state index is 0.0456. The van der Waals surface area contributed by atoms with E-state index >= 15 is 0 Å². The van der Waals surface area contributed by atoms with E-state index in [1.807, 2.05) is 18.3 Å². The highest BCUT2D eigenvalue weighted by Crippen LogP contribution is 2.37. The number of halogens is 1. The van der Waals surface area contributed by atoms with Crippen LogP contribution in [0.1, 0.15) is 43.6 Å². The SMILES string of the molecule is O=C(O)Cn1cc(C2CCN(S(=O)(=O)c3ccc(OC4CCCC4)cc3)C2)c2cc(Cl)ccc21. The highest BCUT2D eigenvalue weighted by atomic mass is 35.5. The first-order valence-electron chi connectivity index (χ1n) is 11.6. The fourth-order valence-electron chi connectivity index (χ4n) is 5.14. The van der Waals surface area contributed by atoms with Crippen molar-refractivity contribution in [2.45, 2.75) is 55.6 Å². The van der Waals surface area contributed by atoms with E-state index in [4.69, 9.17) is 16.3 Å². The Labute approximate surface area is 203 Å². The summed E-state index contributed by atoms with van der Waals surface area (Å²) in [4.78, 5) is 11.6. The monoisotopic (exact) mass is 502 g/mol. The van der Waals surface area contributed by atoms with Crippen LogP contribution >= 0.6 is 11.6 Å². The molecule has 2 aromatic carbocycles. The Balaban J connectivity index is 1.35. The van der Waals surface area contributed by atoms with Crippen LogP contribution in [0.4, 0.5) is 0 Å². The number of aromatic nitrogens is 1. The van der Waals surface area contributed by atoms with Gasteiger partial charge in [0.15, 0.2) is 0 Å². The number of nitrogens with zero attached hydrogens (tertiary/aromatic N) is 2. The maximum absolute atomic E-state index is 13.3. The number of carboxylic acids is 1. The molecule has 1 aliphatic heterocycles. The molecule has 0 amide bonds. The Kier molecular flexibility index (Phi) is 6.31. The fourth-order valence-corrected chi connectivity index (χ4v) is 6.81. The van der Waals surface area contributed by atoms with E-state index in [1.54, 1.807) is 34.9 Å². The van der Waals surface area contributed by atoms with Crippen molar-refractivity contribution in [2.24, 2.45) is 0 Å². The number of hydrogen-bond donors (Lipinski definition) is 1. The van der Waals surface area contributed by atoms with E-state index in [0.29, 0.717) is 30.3 Å². The highest BCUT2D eigenvalue weighted by Gasteiger charge is 2.34. The molecule has 5 rings (SSSR count). The number of hydrogen-bond acceptors (Lipinski definition) is 4. The van der Waals surface area contributed by atoms with E-state index in [0.717, 1.165) is 29.3 Å². The van der Waals surface area contributed by atoms with Gasteiger partial charge < -0.3 is 14.4 Å². The Morgan fingerprint density at radius 1 is 1.09 bits per heavy atom. The molecular formula is C25H27ClN2O5S. The minimum Gasteiger partial charge on any atom is -0.490 e. The molecule has 1 aliphatic carbocycles. The van der Waals surface area contributed by atoms with Crippen molar-refractivity contribution in [1.82, 2.24) is 8.87 Å². The summed E-state index contributed by atoms with van der Waals surface area (Å²) in [6, 6.07) is 12.1. The van der Waals surface area contributed by atoms with Crippen molar-refractivity contribution in [2.75, 3.05) is 13.1 Å². The molecule has 1 aromatic heterocycles. The van der Waals surface area contributed by atoms with E-state index in [1.165, 1.54) is 17.1 Å². The van der Waals surface area contributed by atoms with Crippen LogP contribution in [0.15, 0.2) is 53.6 Å². The van der Waals surface area contributed by atoms with Crippen LogP contribution in [0.2, 0.25) is 5.02 Å². The van der Waals surface area contributed by atoms with E-state index in [2.05, 4.69) is 0 Å². The van der Waals surface area contributed by atoms with E-state index < -0.39 is 16.0 Å². The molecule has 0 spiro atoms. The van der Waals surface area contributed by atoms with Crippen LogP contribution in [0.5, 0.6) is 5.75 Å². The Morgan fingerprint density at radius 3 is 2.53 bits per heavy atom. The highest BCUT2D eigenvalue weighted by molar-refractivity contribution is 7.89. The quantitative estimate of drug-likeness (QED) is 0.497. The molecule has 0 radical (unpaired) electrons. The van der Waals surface area contributed by atoms with Gasteiger partial charge in [-0.15, -0.1) is 0 Å². The third-order valence-corrected chi connectivity index (χ3v) is 8.95. The van der Waals surface area contributed by atoms with Gasteiger partial charge in [0.25, 0.3) is 0 Å². The summed E-state index contributed by atoms with van der Waals surface area (Å²) in [5, 5.41) is 10.7. The van der Waals surface area contributed by atoms with Gasteiger partial charge in [0.05, 0.1) is 11.0 Å². The molecule has 1 N–H and O–H groups in total. The number of ether oxygens (including phenoxy) is 1. The van der Waals surface area contributed by atoms with Gasteiger partial charge in [-0.05, 0) is 80.1 Å². The molecule has 1 unspecified atom stereocenters. The topological polar surface area (TPSA) is 88.8 Å². The van der Waals surface area contributed by atoms with Crippen LogP contribution in [0.25, 0.3) is 10.9 Å². The Hall–Kier alpha value is -2.55. The summed E-state index contributed by atoms with van der Waals surface area (Å²) in [5.41, 5.74) is 1.71. The van der Waals surface area contributed by atoms with Gasteiger partial charge in [-0.1, -0.05) is 11.6 Å². The van der Waals surface area contributed by atoms with Crippen LogP contribution < -0.4 is 4.74 Å². The molecule has 1 saturated heterocycles. The van der Waals surface area contributed by atoms with Crippen molar-refractivity contribution >= 4 is 38.5 Å². The lowest BCUT2D eigenvalue weighted by Crippen LogP contribution is -2.28. The lowest BCUT2D eigenvalue weighted by Gasteiger charge is -2.18. The Morgan fingerprint density at radius 2 is 1.82 bits per heavy atom. The van der Waals surface area contributed by atoms with Crippen molar-refractivity contribution in [3.05, 3.63) is 59.2 Å². The van der Waals surface area contributed by atoms with E-state index in [-0.39, 0.29) is 23.5 Å². The molecule has 9 heteroatoms. The predicted molar refractivity (Wildman–Crippen MR) is 130 cm³/mol. The maximum atomic E-state index is 13.3. The lowest BCUT2D eigenvalue weighted by atomic mass is 9.98. The van der Waals surface area contributed by atoms with E-state index in [9.17, 15) is 18.3 Å². The summed E-state index contributed by atoms with van der Waals surface area (Å²) in [7, 11) is -3.65. The largest absolute Gasteiger partial charge is 0.490 e. The zero-order chi connectivity index (χ0) is 23.9. The molecule has 180 valence electrons. The summed E-state index contributed by atoms with van der Waals surface area (Å²) >= 11 is 6.22. The molecule has 2 aliphatic rings. The average Bonchev–Trinajstić information content (AvgIpc) is 3.54. The minimum atomic E-state index is -3.65. The van der Waals surface area contributed by atoms with Gasteiger partial charge >= 0.3 is 5.97 Å². The molecule has 2 fully saturated rings. The summed E-state index contributed by atoms with van der Waals surface area (Å²) in [6.07, 6.45) is 7.14. The number of sulfonamides is 1. The van der Waals surface area contributed by atoms with Crippen molar-refractivity contribution in [3.8, 4) is 5.75 Å². The second kappa shape index (κ2) is 9.24. The maximum Gasteiger partial charge on any atom is 0.323 e. The third-order valence-electron chi connectivity index (χ3n) is 6.84. The predicted octanol–water partition coefficient (Wildman–Crippen LogP) is 4.88. The first-order valence-corrected chi connectivity index (χ1v) is 13.4. The summed E-state index contributed by atoms with van der Waals surface area (Å²) in [6.45, 7) is 0.572. The van der Waals surface area contributed by atoms with Crippen molar-refractivity contribution in [3.63, 3.8) is 0 Å². The van der Waals surface area contributed by atoms with Crippen LogP contribution in [-0.2, 0) is 21.4 Å². The van der Waals surface area contributed by atoms with Gasteiger partial charge in [0, 0.05) is 41.1 Å². The first kappa shape index (κ1) is 23.2. The molecule has 0 bridgehead atoms. The second-order valence-electron chi connectivity index (χ2n) is 9.11. The molecule has 3 aromatic rings. The number of carboxylic acid groups (broad SMARTS) is 1. The lowest BCUT2D eigenvalue weighted by molar-refractivity contribution is -0.137. The fraction of sp³-hybridized carbons (Fsp3) is 0.400. The number of rotatable bonds is 7. The zero-order valence-corrected chi connectivity index (χ0v) is 20.3. The average molecular weight is 503 g/mol. The van der Waals surface area contributed by atoms with Gasteiger partial charge in [-0.3, -0.25) is 4.79 Å². The molecule has 1 saturated carbocycles. The molecule has 7 nitrogen and oxygen atoms in total. The number of carbonyl (C=O) groups is 1. The third kappa shape index (κ3) is 4.54.